The molecule has 1 saturated carbocycles. The third-order valence-corrected chi connectivity index (χ3v) is 7.81. The van der Waals surface area contributed by atoms with Gasteiger partial charge in [0.1, 0.15) is 11.6 Å². The van der Waals surface area contributed by atoms with Gasteiger partial charge in [-0.05, 0) is 60.9 Å². The smallest absolute Gasteiger partial charge is 0.266 e. The first-order valence-corrected chi connectivity index (χ1v) is 13.4. The zero-order valence-corrected chi connectivity index (χ0v) is 21.7. The molecule has 0 aliphatic heterocycles. The zero-order valence-electron chi connectivity index (χ0n) is 20.2. The van der Waals surface area contributed by atoms with Crippen LogP contribution in [0.1, 0.15) is 41.6 Å². The maximum atomic E-state index is 13.7. The van der Waals surface area contributed by atoms with Crippen LogP contribution in [0, 0.1) is 5.82 Å². The summed E-state index contributed by atoms with van der Waals surface area (Å²) < 4.78 is 20.4. The van der Waals surface area contributed by atoms with Crippen molar-refractivity contribution in [2.75, 3.05) is 7.11 Å². The second kappa shape index (κ2) is 10.9. The Morgan fingerprint density at radius 2 is 1.97 bits per heavy atom. The van der Waals surface area contributed by atoms with Crippen molar-refractivity contribution in [1.82, 2.24) is 14.9 Å². The first-order chi connectivity index (χ1) is 17.9. The van der Waals surface area contributed by atoms with Gasteiger partial charge in [-0.2, -0.15) is 0 Å². The molecule has 1 aromatic heterocycles. The Kier molecular flexibility index (Phi) is 7.48. The fourth-order valence-corrected chi connectivity index (χ4v) is 5.83. The minimum absolute atomic E-state index is 0.167. The Morgan fingerprint density at radius 3 is 2.73 bits per heavy atom. The first-order valence-electron chi connectivity index (χ1n) is 12.0. The quantitative estimate of drug-likeness (QED) is 0.226. The molecule has 37 heavy (non-hydrogen) atoms. The van der Waals surface area contributed by atoms with Gasteiger partial charge < -0.3 is 10.1 Å². The van der Waals surface area contributed by atoms with E-state index in [4.69, 9.17) is 21.3 Å². The molecule has 1 N–H and O–H groups in total. The van der Waals surface area contributed by atoms with Crippen molar-refractivity contribution in [3.05, 3.63) is 93.0 Å². The van der Waals surface area contributed by atoms with Crippen molar-refractivity contribution in [3.8, 4) is 11.4 Å². The Labute approximate surface area is 222 Å². The third-order valence-electron chi connectivity index (χ3n) is 6.47. The fourth-order valence-electron chi connectivity index (χ4n) is 4.50. The van der Waals surface area contributed by atoms with Crippen molar-refractivity contribution in [2.24, 2.45) is 0 Å². The van der Waals surface area contributed by atoms with Crippen LogP contribution in [0.4, 0.5) is 4.39 Å². The van der Waals surface area contributed by atoms with Crippen molar-refractivity contribution in [3.63, 3.8) is 0 Å². The number of hydrogen-bond donors (Lipinski definition) is 1. The molecular weight excluding hydrogens is 513 g/mol. The molecule has 6 nitrogen and oxygen atoms in total. The highest BCUT2D eigenvalue weighted by Crippen LogP contribution is 2.29. The van der Waals surface area contributed by atoms with Crippen LogP contribution in [-0.4, -0.2) is 28.6 Å². The van der Waals surface area contributed by atoms with E-state index in [0.29, 0.717) is 49.4 Å². The average Bonchev–Trinajstić information content (AvgIpc) is 3.41. The number of carbonyl (C=O) groups excluding carboxylic acids is 1. The van der Waals surface area contributed by atoms with Crippen LogP contribution < -0.4 is 15.6 Å². The second-order valence-electron chi connectivity index (χ2n) is 8.95. The highest BCUT2D eigenvalue weighted by molar-refractivity contribution is 7.98. The van der Waals surface area contributed by atoms with E-state index < -0.39 is 5.82 Å². The number of halogens is 2. The molecule has 1 amide bonds. The summed E-state index contributed by atoms with van der Waals surface area (Å²) in [6.07, 6.45) is 4.20. The molecule has 5 rings (SSSR count). The molecule has 1 fully saturated rings. The number of nitrogens with zero attached hydrogens (tertiary/aromatic N) is 2. The maximum Gasteiger partial charge on any atom is 0.266 e. The lowest BCUT2D eigenvalue weighted by Crippen LogP contribution is -2.32. The monoisotopic (exact) mass is 537 g/mol. The number of carbonyl (C=O) groups is 1. The summed E-state index contributed by atoms with van der Waals surface area (Å²) in [7, 11) is 1.56. The number of thioether (sulfide) groups is 1. The average molecular weight is 538 g/mol. The highest BCUT2D eigenvalue weighted by atomic mass is 35.5. The van der Waals surface area contributed by atoms with E-state index in [0.717, 1.165) is 25.7 Å². The number of ether oxygens (including phenoxy) is 1. The number of rotatable bonds is 7. The summed E-state index contributed by atoms with van der Waals surface area (Å²) in [6, 6.07) is 16.5. The largest absolute Gasteiger partial charge is 0.497 e. The number of methoxy groups -OCH3 is 1. The van der Waals surface area contributed by atoms with Crippen LogP contribution in [0.2, 0.25) is 5.02 Å². The first kappa shape index (κ1) is 25.3. The predicted molar refractivity (Wildman–Crippen MR) is 145 cm³/mol. The summed E-state index contributed by atoms with van der Waals surface area (Å²) in [5.74, 6) is 0.378. The van der Waals surface area contributed by atoms with E-state index in [2.05, 4.69) is 5.32 Å². The standard InChI is InChI=1S/C28H25ClFN3O3S/c1-36-22-8-4-7-21(15-22)33-27(35)23-12-10-17(26(34)31-20-5-2-3-6-20)13-25(23)32-28(33)37-16-18-9-11-19(30)14-24(18)29/h4,7-15,20H,2-3,5-6,16H2,1H3,(H,31,34). The molecule has 0 spiro atoms. The van der Waals surface area contributed by atoms with Gasteiger partial charge in [-0.15, -0.1) is 0 Å². The summed E-state index contributed by atoms with van der Waals surface area (Å²) in [5, 5.41) is 4.19. The van der Waals surface area contributed by atoms with Crippen LogP contribution in [-0.2, 0) is 5.75 Å². The lowest BCUT2D eigenvalue weighted by atomic mass is 10.1. The molecule has 0 radical (unpaired) electrons. The molecule has 1 heterocycles. The SMILES string of the molecule is COc1cccc(-n2c(SCc3ccc(F)cc3Cl)nc3cc(C(=O)NC4CCCC4)ccc3c2=O)c1. The van der Waals surface area contributed by atoms with E-state index in [1.165, 1.54) is 28.5 Å². The maximum absolute atomic E-state index is 13.7. The highest BCUT2D eigenvalue weighted by Gasteiger charge is 2.20. The molecule has 0 atom stereocenters. The Morgan fingerprint density at radius 1 is 1.16 bits per heavy atom. The Hall–Kier alpha value is -3.36. The van der Waals surface area contributed by atoms with E-state index in [1.807, 2.05) is 0 Å². The van der Waals surface area contributed by atoms with Gasteiger partial charge in [0.05, 0.1) is 23.7 Å². The van der Waals surface area contributed by atoms with Crippen LogP contribution in [0.3, 0.4) is 0 Å². The van der Waals surface area contributed by atoms with Gasteiger partial charge in [-0.25, -0.2) is 9.37 Å². The Balaban J connectivity index is 1.57. The van der Waals surface area contributed by atoms with E-state index in [9.17, 15) is 14.0 Å². The summed E-state index contributed by atoms with van der Waals surface area (Å²) in [4.78, 5) is 31.4. The molecule has 190 valence electrons. The normalized spacial score (nSPS) is 13.7. The van der Waals surface area contributed by atoms with Crippen molar-refractivity contribution >= 4 is 40.2 Å². The minimum Gasteiger partial charge on any atom is -0.497 e. The fraction of sp³-hybridized carbons (Fsp3) is 0.250. The summed E-state index contributed by atoms with van der Waals surface area (Å²) >= 11 is 7.54. The number of fused-ring (bicyclic) bond motifs is 1. The Bertz CT molecular complexity index is 1540. The number of aromatic nitrogens is 2. The van der Waals surface area contributed by atoms with Crippen LogP contribution in [0.5, 0.6) is 5.75 Å². The minimum atomic E-state index is -0.417. The molecule has 4 aromatic rings. The van der Waals surface area contributed by atoms with Gasteiger partial charge in [0.15, 0.2) is 5.16 Å². The number of hydrogen-bond acceptors (Lipinski definition) is 5. The lowest BCUT2D eigenvalue weighted by molar-refractivity contribution is 0.0938. The predicted octanol–water partition coefficient (Wildman–Crippen LogP) is 6.15. The summed E-state index contributed by atoms with van der Waals surface area (Å²) in [6.45, 7) is 0. The molecule has 0 bridgehead atoms. The molecule has 1 aliphatic rings. The van der Waals surface area contributed by atoms with Crippen LogP contribution in [0.25, 0.3) is 16.6 Å². The number of amides is 1. The molecule has 0 unspecified atom stereocenters. The van der Waals surface area contributed by atoms with Crippen LogP contribution in [0.15, 0.2) is 70.6 Å². The third kappa shape index (κ3) is 5.50. The van der Waals surface area contributed by atoms with Gasteiger partial charge in [0.25, 0.3) is 11.5 Å². The van der Waals surface area contributed by atoms with Crippen LogP contribution >= 0.6 is 23.4 Å². The molecular formula is C28H25ClFN3O3S. The summed E-state index contributed by atoms with van der Waals surface area (Å²) in [5.41, 5.74) is 1.92. The lowest BCUT2D eigenvalue weighted by Gasteiger charge is -2.15. The van der Waals surface area contributed by atoms with Crippen molar-refractivity contribution in [1.29, 1.82) is 0 Å². The van der Waals surface area contributed by atoms with Gasteiger partial charge in [-0.1, -0.05) is 48.3 Å². The van der Waals surface area contributed by atoms with E-state index >= 15 is 0 Å². The number of nitrogens with one attached hydrogen (secondary N) is 1. The van der Waals surface area contributed by atoms with Gasteiger partial charge in [0.2, 0.25) is 0 Å². The second-order valence-corrected chi connectivity index (χ2v) is 10.3. The molecule has 9 heteroatoms. The van der Waals surface area contributed by atoms with Gasteiger partial charge in [0, 0.05) is 28.4 Å². The van der Waals surface area contributed by atoms with Crippen molar-refractivity contribution < 1.29 is 13.9 Å². The van der Waals surface area contributed by atoms with E-state index in [-0.39, 0.29) is 17.5 Å². The van der Waals surface area contributed by atoms with Crippen molar-refractivity contribution in [2.45, 2.75) is 42.6 Å². The molecule has 1 aliphatic carbocycles. The van der Waals surface area contributed by atoms with Gasteiger partial charge in [-0.3, -0.25) is 14.2 Å². The molecule has 0 saturated heterocycles. The molecule has 3 aromatic carbocycles. The van der Waals surface area contributed by atoms with Gasteiger partial charge >= 0.3 is 0 Å². The van der Waals surface area contributed by atoms with E-state index in [1.54, 1.807) is 55.6 Å². The topological polar surface area (TPSA) is 73.2 Å². The number of benzene rings is 3. The zero-order chi connectivity index (χ0) is 25.9.